The first-order valence-electron chi connectivity index (χ1n) is 4.36. The van der Waals surface area contributed by atoms with Crippen molar-refractivity contribution in [2.75, 3.05) is 6.61 Å². The Bertz CT molecular complexity index is 166. The van der Waals surface area contributed by atoms with Crippen molar-refractivity contribution >= 4 is 0 Å². The van der Waals surface area contributed by atoms with E-state index in [1.54, 1.807) is 6.08 Å². The average Bonchev–Trinajstić information content (AvgIpc) is 2.10. The van der Waals surface area contributed by atoms with Gasteiger partial charge in [0.25, 0.3) is 0 Å². The van der Waals surface area contributed by atoms with Gasteiger partial charge >= 0.3 is 0 Å². The van der Waals surface area contributed by atoms with Crippen LogP contribution < -0.4 is 0 Å². The van der Waals surface area contributed by atoms with Crippen LogP contribution in [-0.4, -0.2) is 11.7 Å². The second-order valence-corrected chi connectivity index (χ2v) is 2.61. The number of aliphatic hydroxyl groups excluding tert-OH is 1. The first-order valence-corrected chi connectivity index (χ1v) is 4.36. The summed E-state index contributed by atoms with van der Waals surface area (Å²) in [6.45, 7) is 4.15. The molecule has 0 spiro atoms. The van der Waals surface area contributed by atoms with E-state index in [9.17, 15) is 0 Å². The van der Waals surface area contributed by atoms with E-state index in [2.05, 4.69) is 12.2 Å². The third-order valence-corrected chi connectivity index (χ3v) is 1.57. The smallest absolute Gasteiger partial charge is 0.0612 e. The largest absolute Gasteiger partial charge is 0.392 e. The zero-order chi connectivity index (χ0) is 9.23. The van der Waals surface area contributed by atoms with Crippen LogP contribution in [-0.2, 0) is 0 Å². The SMILES string of the molecule is CC=CCC(C=CC)C=CCO. The molecule has 1 heteroatoms. The molecule has 1 unspecified atom stereocenters. The van der Waals surface area contributed by atoms with Crippen molar-refractivity contribution in [1.82, 2.24) is 0 Å². The fraction of sp³-hybridized carbons (Fsp3) is 0.455. The highest BCUT2D eigenvalue weighted by molar-refractivity contribution is 5.02. The average molecular weight is 166 g/mol. The summed E-state index contributed by atoms with van der Waals surface area (Å²) in [4.78, 5) is 0. The predicted octanol–water partition coefficient (Wildman–Crippen LogP) is 2.69. The van der Waals surface area contributed by atoms with Gasteiger partial charge in [0.2, 0.25) is 0 Å². The van der Waals surface area contributed by atoms with E-state index in [1.165, 1.54) is 0 Å². The normalized spacial score (nSPS) is 15.2. The maximum atomic E-state index is 8.58. The highest BCUT2D eigenvalue weighted by Crippen LogP contribution is 2.07. The summed E-state index contributed by atoms with van der Waals surface area (Å²) in [7, 11) is 0. The summed E-state index contributed by atoms with van der Waals surface area (Å²) in [6, 6.07) is 0. The molecular formula is C11H18O. The summed E-state index contributed by atoms with van der Waals surface area (Å²) in [6.07, 6.45) is 13.2. The van der Waals surface area contributed by atoms with Gasteiger partial charge in [0.15, 0.2) is 0 Å². The lowest BCUT2D eigenvalue weighted by atomic mass is 10.0. The molecule has 0 radical (unpaired) electrons. The van der Waals surface area contributed by atoms with Crippen molar-refractivity contribution in [3.8, 4) is 0 Å². The Morgan fingerprint density at radius 3 is 2.33 bits per heavy atom. The Balaban J connectivity index is 3.94. The molecule has 0 fully saturated rings. The molecule has 0 aromatic carbocycles. The molecular weight excluding hydrogens is 148 g/mol. The molecule has 1 atom stereocenters. The molecule has 12 heavy (non-hydrogen) atoms. The molecule has 0 rings (SSSR count). The standard InChI is InChI=1S/C11H18O/c1-3-5-8-11(7-4-2)9-6-10-12/h3-7,9,11-12H,8,10H2,1-2H3. The van der Waals surface area contributed by atoms with Crippen molar-refractivity contribution in [3.05, 3.63) is 36.5 Å². The van der Waals surface area contributed by atoms with Gasteiger partial charge in [0, 0.05) is 0 Å². The van der Waals surface area contributed by atoms with Crippen LogP contribution in [0.2, 0.25) is 0 Å². The van der Waals surface area contributed by atoms with Gasteiger partial charge in [0.1, 0.15) is 0 Å². The maximum absolute atomic E-state index is 8.58. The third-order valence-electron chi connectivity index (χ3n) is 1.57. The van der Waals surface area contributed by atoms with Gasteiger partial charge in [-0.15, -0.1) is 0 Å². The summed E-state index contributed by atoms with van der Waals surface area (Å²) in [5.74, 6) is 0.429. The van der Waals surface area contributed by atoms with E-state index < -0.39 is 0 Å². The molecule has 0 aromatic rings. The summed E-state index contributed by atoms with van der Waals surface area (Å²) >= 11 is 0. The number of aliphatic hydroxyl groups is 1. The van der Waals surface area contributed by atoms with E-state index >= 15 is 0 Å². The second kappa shape index (κ2) is 8.28. The molecule has 0 saturated heterocycles. The zero-order valence-electron chi connectivity index (χ0n) is 7.90. The Kier molecular flexibility index (Phi) is 7.71. The Labute approximate surface area is 75.1 Å². The van der Waals surface area contributed by atoms with Crippen molar-refractivity contribution in [2.45, 2.75) is 20.3 Å². The lowest BCUT2D eigenvalue weighted by Crippen LogP contribution is -1.89. The van der Waals surface area contributed by atoms with E-state index in [0.29, 0.717) is 5.92 Å². The van der Waals surface area contributed by atoms with Crippen LogP contribution in [0.1, 0.15) is 20.3 Å². The molecule has 0 heterocycles. The Morgan fingerprint density at radius 2 is 1.83 bits per heavy atom. The maximum Gasteiger partial charge on any atom is 0.0612 e. The summed E-state index contributed by atoms with van der Waals surface area (Å²) < 4.78 is 0. The monoisotopic (exact) mass is 166 g/mol. The van der Waals surface area contributed by atoms with Crippen LogP contribution in [0.25, 0.3) is 0 Å². The lowest BCUT2D eigenvalue weighted by molar-refractivity contribution is 0.342. The minimum Gasteiger partial charge on any atom is -0.392 e. The molecule has 0 saturated carbocycles. The van der Waals surface area contributed by atoms with Crippen molar-refractivity contribution in [3.63, 3.8) is 0 Å². The van der Waals surface area contributed by atoms with Gasteiger partial charge in [-0.25, -0.2) is 0 Å². The van der Waals surface area contributed by atoms with Crippen molar-refractivity contribution in [1.29, 1.82) is 0 Å². The first-order chi connectivity index (χ1) is 5.85. The van der Waals surface area contributed by atoms with E-state index in [1.807, 2.05) is 32.1 Å². The van der Waals surface area contributed by atoms with E-state index in [0.717, 1.165) is 6.42 Å². The molecule has 1 N–H and O–H groups in total. The molecule has 68 valence electrons. The van der Waals surface area contributed by atoms with E-state index in [4.69, 9.17) is 5.11 Å². The topological polar surface area (TPSA) is 20.2 Å². The van der Waals surface area contributed by atoms with Crippen molar-refractivity contribution in [2.24, 2.45) is 5.92 Å². The van der Waals surface area contributed by atoms with Crippen molar-refractivity contribution < 1.29 is 5.11 Å². The second-order valence-electron chi connectivity index (χ2n) is 2.61. The lowest BCUT2D eigenvalue weighted by Gasteiger charge is -2.02. The molecule has 0 bridgehead atoms. The van der Waals surface area contributed by atoms with Gasteiger partial charge < -0.3 is 5.11 Å². The van der Waals surface area contributed by atoms with Crippen LogP contribution in [0.5, 0.6) is 0 Å². The fourth-order valence-electron chi connectivity index (χ4n) is 0.997. The van der Waals surface area contributed by atoms with Crippen LogP contribution in [0.15, 0.2) is 36.5 Å². The molecule has 1 nitrogen and oxygen atoms in total. The fourth-order valence-corrected chi connectivity index (χ4v) is 0.997. The highest BCUT2D eigenvalue weighted by atomic mass is 16.2. The Hall–Kier alpha value is -0.820. The van der Waals surface area contributed by atoms with Gasteiger partial charge in [-0.3, -0.25) is 0 Å². The zero-order valence-corrected chi connectivity index (χ0v) is 7.90. The molecule has 0 aliphatic rings. The van der Waals surface area contributed by atoms with Crippen LogP contribution in [0, 0.1) is 5.92 Å². The predicted molar refractivity (Wildman–Crippen MR) is 54.0 cm³/mol. The van der Waals surface area contributed by atoms with Crippen LogP contribution in [0.4, 0.5) is 0 Å². The van der Waals surface area contributed by atoms with Gasteiger partial charge in [-0.05, 0) is 26.2 Å². The Morgan fingerprint density at radius 1 is 1.08 bits per heavy atom. The number of hydrogen-bond donors (Lipinski definition) is 1. The van der Waals surface area contributed by atoms with Crippen LogP contribution in [0.3, 0.4) is 0 Å². The molecule has 0 aliphatic heterocycles. The van der Waals surface area contributed by atoms with Gasteiger partial charge in [-0.2, -0.15) is 0 Å². The van der Waals surface area contributed by atoms with E-state index in [-0.39, 0.29) is 6.61 Å². The molecule has 0 aromatic heterocycles. The number of rotatable bonds is 5. The number of hydrogen-bond acceptors (Lipinski definition) is 1. The van der Waals surface area contributed by atoms with Gasteiger partial charge in [0.05, 0.1) is 6.61 Å². The molecule has 0 aliphatic carbocycles. The third kappa shape index (κ3) is 5.93. The summed E-state index contributed by atoms with van der Waals surface area (Å²) in [5, 5.41) is 8.58. The quantitative estimate of drug-likeness (QED) is 0.622. The highest BCUT2D eigenvalue weighted by Gasteiger charge is 1.94. The van der Waals surface area contributed by atoms with Crippen LogP contribution >= 0.6 is 0 Å². The molecule has 0 amide bonds. The summed E-state index contributed by atoms with van der Waals surface area (Å²) in [5.41, 5.74) is 0. The van der Waals surface area contributed by atoms with Gasteiger partial charge in [-0.1, -0.05) is 36.5 Å². The minimum absolute atomic E-state index is 0.129. The number of allylic oxidation sites excluding steroid dienone is 5. The first kappa shape index (κ1) is 11.2. The minimum atomic E-state index is 0.129.